The van der Waals surface area contributed by atoms with Crippen LogP contribution in [0.3, 0.4) is 0 Å². The van der Waals surface area contributed by atoms with Crippen LogP contribution in [0, 0.1) is 5.92 Å². The third-order valence-electron chi connectivity index (χ3n) is 4.47. The van der Waals surface area contributed by atoms with E-state index in [1.165, 1.54) is 58.2 Å². The van der Waals surface area contributed by atoms with Gasteiger partial charge in [-0.05, 0) is 38.8 Å². The van der Waals surface area contributed by atoms with Gasteiger partial charge in [0.1, 0.15) is 0 Å². The third-order valence-corrected chi connectivity index (χ3v) is 4.47. The zero-order chi connectivity index (χ0) is 15.5. The van der Waals surface area contributed by atoms with Crippen LogP contribution in [0.2, 0.25) is 0 Å². The van der Waals surface area contributed by atoms with E-state index in [2.05, 4.69) is 41.3 Å². The van der Waals surface area contributed by atoms with Crippen molar-refractivity contribution < 1.29 is 0 Å². The Bertz CT molecular complexity index is 296. The first kappa shape index (κ1) is 22.0. The number of hydrogen-bond acceptors (Lipinski definition) is 2. The van der Waals surface area contributed by atoms with Crippen LogP contribution in [-0.4, -0.2) is 50.1 Å². The molecule has 2 N–H and O–H groups in total. The van der Waals surface area contributed by atoms with E-state index in [4.69, 9.17) is 0 Å². The lowest BCUT2D eigenvalue weighted by molar-refractivity contribution is 0.341. The smallest absolute Gasteiger partial charge is 0.191 e. The van der Waals surface area contributed by atoms with E-state index in [9.17, 15) is 0 Å². The van der Waals surface area contributed by atoms with Crippen molar-refractivity contribution >= 4 is 29.9 Å². The maximum atomic E-state index is 4.35. The fourth-order valence-corrected chi connectivity index (χ4v) is 2.99. The molecule has 1 fully saturated rings. The maximum absolute atomic E-state index is 4.35. The van der Waals surface area contributed by atoms with Crippen molar-refractivity contribution in [2.45, 2.75) is 65.3 Å². The molecule has 2 unspecified atom stereocenters. The molecule has 1 heterocycles. The standard InChI is InChI=1S/C17H36N4.HI/c1-5-7-8-9-10-15(3)20-17(18-4)19-13-16-11-12-21(6-2)14-16;/h15-16H,5-14H2,1-4H3,(H2,18,19,20);1H. The molecule has 0 saturated carbocycles. The number of rotatable bonds is 9. The van der Waals surface area contributed by atoms with Crippen LogP contribution >= 0.6 is 24.0 Å². The van der Waals surface area contributed by atoms with Gasteiger partial charge in [-0.3, -0.25) is 4.99 Å². The second kappa shape index (κ2) is 13.4. The summed E-state index contributed by atoms with van der Waals surface area (Å²) in [6.45, 7) is 11.5. The lowest BCUT2D eigenvalue weighted by Crippen LogP contribution is -2.44. The molecule has 5 heteroatoms. The molecule has 1 aliphatic rings. The van der Waals surface area contributed by atoms with Crippen LogP contribution in [0.4, 0.5) is 0 Å². The highest BCUT2D eigenvalue weighted by Gasteiger charge is 2.21. The topological polar surface area (TPSA) is 39.7 Å². The Labute approximate surface area is 154 Å². The molecule has 1 rings (SSSR count). The van der Waals surface area contributed by atoms with Crippen LogP contribution in [0.25, 0.3) is 0 Å². The number of halogens is 1. The van der Waals surface area contributed by atoms with Crippen molar-refractivity contribution in [3.05, 3.63) is 0 Å². The van der Waals surface area contributed by atoms with Crippen molar-refractivity contribution in [1.29, 1.82) is 0 Å². The lowest BCUT2D eigenvalue weighted by atomic mass is 10.1. The van der Waals surface area contributed by atoms with Gasteiger partial charge in [-0.15, -0.1) is 24.0 Å². The summed E-state index contributed by atoms with van der Waals surface area (Å²) in [7, 11) is 1.87. The average molecular weight is 424 g/mol. The number of aliphatic imine (C=N–C) groups is 1. The van der Waals surface area contributed by atoms with Gasteiger partial charge in [-0.1, -0.05) is 39.5 Å². The second-order valence-corrected chi connectivity index (χ2v) is 6.40. The molecule has 0 amide bonds. The highest BCUT2D eigenvalue weighted by atomic mass is 127. The van der Waals surface area contributed by atoms with Crippen LogP contribution in [-0.2, 0) is 0 Å². The number of hydrogen-bond donors (Lipinski definition) is 2. The molecule has 1 saturated heterocycles. The van der Waals surface area contributed by atoms with Crippen LogP contribution in [0.5, 0.6) is 0 Å². The molecule has 0 aliphatic carbocycles. The molecule has 4 nitrogen and oxygen atoms in total. The van der Waals surface area contributed by atoms with Gasteiger partial charge in [0.25, 0.3) is 0 Å². The highest BCUT2D eigenvalue weighted by Crippen LogP contribution is 2.14. The van der Waals surface area contributed by atoms with Gasteiger partial charge >= 0.3 is 0 Å². The molecular formula is C17H37IN4. The zero-order valence-corrected chi connectivity index (χ0v) is 17.4. The molecule has 132 valence electrons. The Morgan fingerprint density at radius 2 is 2.05 bits per heavy atom. The Morgan fingerprint density at radius 1 is 1.27 bits per heavy atom. The summed E-state index contributed by atoms with van der Waals surface area (Å²) in [5, 5.41) is 7.02. The monoisotopic (exact) mass is 424 g/mol. The summed E-state index contributed by atoms with van der Waals surface area (Å²) in [6, 6.07) is 0.503. The minimum atomic E-state index is 0. The number of likely N-dealkylation sites (tertiary alicyclic amines) is 1. The number of unbranched alkanes of at least 4 members (excludes halogenated alkanes) is 3. The van der Waals surface area contributed by atoms with Gasteiger partial charge in [-0.2, -0.15) is 0 Å². The van der Waals surface area contributed by atoms with Crippen molar-refractivity contribution in [3.63, 3.8) is 0 Å². The summed E-state index contributed by atoms with van der Waals surface area (Å²) >= 11 is 0. The third kappa shape index (κ3) is 9.18. The van der Waals surface area contributed by atoms with E-state index in [0.29, 0.717) is 6.04 Å². The summed E-state index contributed by atoms with van der Waals surface area (Å²) < 4.78 is 0. The highest BCUT2D eigenvalue weighted by molar-refractivity contribution is 14.0. The minimum Gasteiger partial charge on any atom is -0.356 e. The number of guanidine groups is 1. The molecular weight excluding hydrogens is 387 g/mol. The summed E-state index contributed by atoms with van der Waals surface area (Å²) in [5.41, 5.74) is 0. The SMILES string of the molecule is CCCCCCC(C)NC(=NC)NCC1CCN(CC)C1.I. The molecule has 1 aliphatic heterocycles. The normalized spacial score (nSPS) is 20.5. The van der Waals surface area contributed by atoms with Gasteiger partial charge in [-0.25, -0.2) is 0 Å². The van der Waals surface area contributed by atoms with E-state index < -0.39 is 0 Å². The molecule has 0 aromatic heterocycles. The minimum absolute atomic E-state index is 0. The first-order valence-electron chi connectivity index (χ1n) is 8.89. The number of nitrogens with one attached hydrogen (secondary N) is 2. The largest absolute Gasteiger partial charge is 0.356 e. The van der Waals surface area contributed by atoms with Crippen molar-refractivity contribution in [2.75, 3.05) is 33.2 Å². The molecule has 22 heavy (non-hydrogen) atoms. The predicted octanol–water partition coefficient (Wildman–Crippen LogP) is 3.47. The van der Waals surface area contributed by atoms with Gasteiger partial charge in [0.2, 0.25) is 0 Å². The average Bonchev–Trinajstić information content (AvgIpc) is 2.96. The van der Waals surface area contributed by atoms with Crippen LogP contribution in [0.15, 0.2) is 4.99 Å². The van der Waals surface area contributed by atoms with Crippen LogP contribution < -0.4 is 10.6 Å². The van der Waals surface area contributed by atoms with Crippen LogP contribution in [0.1, 0.15) is 59.3 Å². The first-order valence-corrected chi connectivity index (χ1v) is 8.89. The fraction of sp³-hybridized carbons (Fsp3) is 0.941. The molecule has 2 atom stereocenters. The van der Waals surface area contributed by atoms with E-state index in [1.807, 2.05) is 7.05 Å². The maximum Gasteiger partial charge on any atom is 0.191 e. The van der Waals surface area contributed by atoms with Gasteiger partial charge in [0.15, 0.2) is 5.96 Å². The first-order chi connectivity index (χ1) is 10.2. The molecule has 0 radical (unpaired) electrons. The molecule has 0 spiro atoms. The van der Waals surface area contributed by atoms with Gasteiger partial charge < -0.3 is 15.5 Å². The molecule has 0 bridgehead atoms. The van der Waals surface area contributed by atoms with Crippen molar-refractivity contribution in [1.82, 2.24) is 15.5 Å². The van der Waals surface area contributed by atoms with Crippen molar-refractivity contribution in [3.8, 4) is 0 Å². The zero-order valence-electron chi connectivity index (χ0n) is 15.0. The summed E-state index contributed by atoms with van der Waals surface area (Å²) in [4.78, 5) is 6.88. The van der Waals surface area contributed by atoms with E-state index >= 15 is 0 Å². The quantitative estimate of drug-likeness (QED) is 0.258. The lowest BCUT2D eigenvalue weighted by Gasteiger charge is -2.20. The second-order valence-electron chi connectivity index (χ2n) is 6.40. The van der Waals surface area contributed by atoms with Crippen molar-refractivity contribution in [2.24, 2.45) is 10.9 Å². The van der Waals surface area contributed by atoms with Gasteiger partial charge in [0, 0.05) is 26.2 Å². The van der Waals surface area contributed by atoms with E-state index in [-0.39, 0.29) is 24.0 Å². The fourth-order valence-electron chi connectivity index (χ4n) is 2.99. The Kier molecular flexibility index (Phi) is 13.4. The Balaban J connectivity index is 0.00000441. The van der Waals surface area contributed by atoms with E-state index in [1.54, 1.807) is 0 Å². The molecule has 0 aromatic carbocycles. The van der Waals surface area contributed by atoms with E-state index in [0.717, 1.165) is 18.4 Å². The predicted molar refractivity (Wildman–Crippen MR) is 108 cm³/mol. The van der Waals surface area contributed by atoms with Gasteiger partial charge in [0.05, 0.1) is 0 Å². The summed E-state index contributed by atoms with van der Waals surface area (Å²) in [5.74, 6) is 1.73. The summed E-state index contributed by atoms with van der Waals surface area (Å²) in [6.07, 6.45) is 7.87. The molecule has 0 aromatic rings. The Hall–Kier alpha value is -0.0400. The number of nitrogens with zero attached hydrogens (tertiary/aromatic N) is 2. The Morgan fingerprint density at radius 3 is 2.64 bits per heavy atom.